The number of amides is 1. The van der Waals surface area contributed by atoms with Crippen molar-refractivity contribution in [3.63, 3.8) is 0 Å². The van der Waals surface area contributed by atoms with Crippen molar-refractivity contribution in [1.29, 1.82) is 5.26 Å². The topological polar surface area (TPSA) is 62.1 Å². The molecule has 0 saturated heterocycles. The maximum absolute atomic E-state index is 12.5. The Morgan fingerprint density at radius 3 is 2.34 bits per heavy atom. The van der Waals surface area contributed by atoms with E-state index in [9.17, 15) is 10.1 Å². The minimum Gasteiger partial charge on any atom is -0.486 e. The van der Waals surface area contributed by atoms with Crippen LogP contribution in [0.3, 0.4) is 0 Å². The molecular formula is C25H19Br2ClN2O2. The predicted molar refractivity (Wildman–Crippen MR) is 136 cm³/mol. The molecular weight excluding hydrogens is 556 g/mol. The minimum atomic E-state index is -0.487. The Balaban J connectivity index is 1.74. The molecule has 4 nitrogen and oxygen atoms in total. The number of nitrogens with zero attached hydrogens (tertiary/aromatic N) is 1. The quantitative estimate of drug-likeness (QED) is 0.234. The van der Waals surface area contributed by atoms with Crippen LogP contribution in [0, 0.1) is 11.3 Å². The summed E-state index contributed by atoms with van der Waals surface area (Å²) in [5.74, 6) is 0.00488. The molecule has 0 bridgehead atoms. The summed E-state index contributed by atoms with van der Waals surface area (Å²) in [7, 11) is 0. The number of hydrogen-bond acceptors (Lipinski definition) is 3. The van der Waals surface area contributed by atoms with Crippen LogP contribution in [0.25, 0.3) is 6.08 Å². The summed E-state index contributed by atoms with van der Waals surface area (Å²) in [6.45, 7) is 2.41. The Bertz CT molecular complexity index is 1160. The molecule has 0 unspecified atom stereocenters. The molecule has 0 aliphatic carbocycles. The summed E-state index contributed by atoms with van der Waals surface area (Å²) in [6.07, 6.45) is 2.40. The van der Waals surface area contributed by atoms with Gasteiger partial charge in [-0.1, -0.05) is 58.7 Å². The molecule has 1 N–H and O–H groups in total. The summed E-state index contributed by atoms with van der Waals surface area (Å²) < 4.78 is 7.48. The first kappa shape index (κ1) is 24.1. The number of anilines is 1. The van der Waals surface area contributed by atoms with E-state index in [1.54, 1.807) is 12.1 Å². The number of carbonyl (C=O) groups is 1. The lowest BCUT2D eigenvalue weighted by atomic mass is 10.1. The van der Waals surface area contributed by atoms with Crippen molar-refractivity contribution in [1.82, 2.24) is 0 Å². The third kappa shape index (κ3) is 6.46. The third-order valence-corrected chi connectivity index (χ3v) is 6.01. The van der Waals surface area contributed by atoms with Crippen LogP contribution in [0.5, 0.6) is 5.75 Å². The third-order valence-electron chi connectivity index (χ3n) is 4.61. The van der Waals surface area contributed by atoms with E-state index in [4.69, 9.17) is 16.3 Å². The minimum absolute atomic E-state index is 0.0314. The zero-order valence-electron chi connectivity index (χ0n) is 17.2. The smallest absolute Gasteiger partial charge is 0.266 e. The van der Waals surface area contributed by atoms with Crippen molar-refractivity contribution in [3.8, 4) is 11.8 Å². The molecule has 162 valence electrons. The van der Waals surface area contributed by atoms with Gasteiger partial charge in [-0.15, -0.1) is 0 Å². The number of nitrogens with one attached hydrogen (secondary N) is 1. The zero-order valence-corrected chi connectivity index (χ0v) is 21.1. The van der Waals surface area contributed by atoms with E-state index in [-0.39, 0.29) is 5.57 Å². The number of nitriles is 1. The lowest BCUT2D eigenvalue weighted by Gasteiger charge is -2.12. The van der Waals surface area contributed by atoms with Crippen LogP contribution in [0.1, 0.15) is 23.6 Å². The molecule has 0 spiro atoms. The Hall–Kier alpha value is -2.59. The molecule has 0 heterocycles. The number of ether oxygens (including phenoxy) is 1. The van der Waals surface area contributed by atoms with Gasteiger partial charge in [-0.2, -0.15) is 5.26 Å². The van der Waals surface area contributed by atoms with Gasteiger partial charge >= 0.3 is 0 Å². The molecule has 0 fully saturated rings. The predicted octanol–water partition coefficient (Wildman–Crippen LogP) is 7.55. The Morgan fingerprint density at radius 2 is 1.75 bits per heavy atom. The molecule has 32 heavy (non-hydrogen) atoms. The first-order chi connectivity index (χ1) is 15.4. The van der Waals surface area contributed by atoms with Crippen LogP contribution in [-0.4, -0.2) is 5.91 Å². The number of rotatable bonds is 7. The van der Waals surface area contributed by atoms with Gasteiger partial charge in [0.15, 0.2) is 5.75 Å². The van der Waals surface area contributed by atoms with Gasteiger partial charge in [0.1, 0.15) is 18.2 Å². The van der Waals surface area contributed by atoms with Gasteiger partial charge in [0.05, 0.1) is 9.50 Å². The van der Waals surface area contributed by atoms with Crippen LogP contribution >= 0.6 is 43.5 Å². The maximum atomic E-state index is 12.5. The Labute approximate surface area is 209 Å². The van der Waals surface area contributed by atoms with E-state index in [1.165, 1.54) is 11.6 Å². The first-order valence-corrected chi connectivity index (χ1v) is 11.7. The lowest BCUT2D eigenvalue weighted by molar-refractivity contribution is -0.112. The maximum Gasteiger partial charge on any atom is 0.266 e. The van der Waals surface area contributed by atoms with Crippen molar-refractivity contribution in [2.45, 2.75) is 20.0 Å². The molecule has 7 heteroatoms. The lowest BCUT2D eigenvalue weighted by Crippen LogP contribution is -2.13. The summed E-state index contributed by atoms with van der Waals surface area (Å²) in [6, 6.07) is 20.7. The number of carbonyl (C=O) groups excluding carboxylic acids is 1. The van der Waals surface area contributed by atoms with E-state index in [0.29, 0.717) is 33.1 Å². The summed E-state index contributed by atoms with van der Waals surface area (Å²) in [5, 5.41) is 12.6. The second kappa shape index (κ2) is 11.3. The average molecular weight is 575 g/mol. The Kier molecular flexibility index (Phi) is 8.52. The van der Waals surface area contributed by atoms with Gasteiger partial charge in [-0.05, 0) is 81.5 Å². The molecule has 0 aromatic heterocycles. The highest BCUT2D eigenvalue weighted by Gasteiger charge is 2.13. The fraction of sp³-hybridized carbons (Fsp3) is 0.120. The van der Waals surface area contributed by atoms with E-state index in [2.05, 4.69) is 44.1 Å². The molecule has 0 radical (unpaired) electrons. The molecule has 3 aromatic carbocycles. The van der Waals surface area contributed by atoms with Crippen LogP contribution in [0.2, 0.25) is 5.02 Å². The van der Waals surface area contributed by atoms with Crippen molar-refractivity contribution in [2.24, 2.45) is 0 Å². The number of aryl methyl sites for hydroxylation is 1. The fourth-order valence-electron chi connectivity index (χ4n) is 2.87. The SMILES string of the molecule is CCc1ccc(NC(=O)/C(C#N)=C/c2cc(Cl)c(OCc3ccc(Br)cc3)c(Br)c2)cc1. The molecule has 0 atom stereocenters. The normalized spacial score (nSPS) is 11.0. The van der Waals surface area contributed by atoms with E-state index in [1.807, 2.05) is 54.6 Å². The van der Waals surface area contributed by atoms with Gasteiger partial charge in [0, 0.05) is 10.2 Å². The van der Waals surface area contributed by atoms with Gasteiger partial charge in [-0.3, -0.25) is 4.79 Å². The number of benzene rings is 3. The highest BCUT2D eigenvalue weighted by atomic mass is 79.9. The van der Waals surface area contributed by atoms with Crippen molar-refractivity contribution < 1.29 is 9.53 Å². The van der Waals surface area contributed by atoms with Gasteiger partial charge < -0.3 is 10.1 Å². The Morgan fingerprint density at radius 1 is 1.09 bits per heavy atom. The zero-order chi connectivity index (χ0) is 23.1. The average Bonchev–Trinajstić information content (AvgIpc) is 2.78. The largest absolute Gasteiger partial charge is 0.486 e. The van der Waals surface area contributed by atoms with E-state index >= 15 is 0 Å². The van der Waals surface area contributed by atoms with Crippen LogP contribution in [0.15, 0.2) is 75.2 Å². The highest BCUT2D eigenvalue weighted by Crippen LogP contribution is 2.35. The molecule has 0 aliphatic rings. The van der Waals surface area contributed by atoms with Crippen molar-refractivity contribution in [2.75, 3.05) is 5.32 Å². The molecule has 1 amide bonds. The molecule has 0 saturated carbocycles. The first-order valence-electron chi connectivity index (χ1n) is 9.78. The number of hydrogen-bond donors (Lipinski definition) is 1. The van der Waals surface area contributed by atoms with Crippen LogP contribution in [-0.2, 0) is 17.8 Å². The van der Waals surface area contributed by atoms with E-state index in [0.717, 1.165) is 16.5 Å². The van der Waals surface area contributed by atoms with Gasteiger partial charge in [0.25, 0.3) is 5.91 Å². The van der Waals surface area contributed by atoms with Gasteiger partial charge in [-0.25, -0.2) is 0 Å². The van der Waals surface area contributed by atoms with Crippen LogP contribution in [0.4, 0.5) is 5.69 Å². The molecule has 0 aliphatic heterocycles. The molecule has 3 rings (SSSR count). The monoisotopic (exact) mass is 572 g/mol. The summed E-state index contributed by atoms with van der Waals surface area (Å²) in [5.41, 5.74) is 3.36. The highest BCUT2D eigenvalue weighted by molar-refractivity contribution is 9.10. The van der Waals surface area contributed by atoms with Crippen molar-refractivity contribution >= 4 is 61.1 Å². The summed E-state index contributed by atoms with van der Waals surface area (Å²) >= 11 is 13.3. The van der Waals surface area contributed by atoms with Crippen LogP contribution < -0.4 is 10.1 Å². The summed E-state index contributed by atoms with van der Waals surface area (Å²) in [4.78, 5) is 12.5. The molecule has 3 aromatic rings. The second-order valence-electron chi connectivity index (χ2n) is 6.90. The van der Waals surface area contributed by atoms with Gasteiger partial charge in [0.2, 0.25) is 0 Å². The fourth-order valence-corrected chi connectivity index (χ4v) is 4.13. The number of halogens is 3. The standard InChI is InChI=1S/C25H19Br2ClN2O2/c1-2-16-5-9-21(10-6-16)30-25(31)19(14-29)11-18-12-22(27)24(23(28)13-18)32-15-17-3-7-20(26)8-4-17/h3-13H,2,15H2,1H3,(H,30,31)/b19-11+. The van der Waals surface area contributed by atoms with Crippen molar-refractivity contribution in [3.05, 3.63) is 96.9 Å². The van der Waals surface area contributed by atoms with E-state index < -0.39 is 5.91 Å². The second-order valence-corrected chi connectivity index (χ2v) is 9.08.